The Hall–Kier alpha value is -1.47. The summed E-state index contributed by atoms with van der Waals surface area (Å²) in [7, 11) is 3.18. The van der Waals surface area contributed by atoms with Gasteiger partial charge < -0.3 is 18.9 Å². The van der Waals surface area contributed by atoms with Crippen LogP contribution in [0.1, 0.15) is 39.5 Å². The molecular weight excluding hydrogens is 304 g/mol. The average molecular weight is 330 g/mol. The summed E-state index contributed by atoms with van der Waals surface area (Å²) in [6.07, 6.45) is 1.97. The molecule has 0 aromatic heterocycles. The molecule has 0 amide bonds. The third kappa shape index (κ3) is 5.28. The van der Waals surface area contributed by atoms with Crippen LogP contribution in [0.5, 0.6) is 0 Å². The first-order chi connectivity index (χ1) is 10.9. The zero-order valence-corrected chi connectivity index (χ0v) is 14.3. The molecule has 2 fully saturated rings. The van der Waals surface area contributed by atoms with Crippen LogP contribution < -0.4 is 0 Å². The first kappa shape index (κ1) is 19.6. The van der Waals surface area contributed by atoms with E-state index in [1.165, 1.54) is 0 Å². The lowest BCUT2D eigenvalue weighted by molar-refractivity contribution is -0.270. The van der Waals surface area contributed by atoms with Crippen LogP contribution in [0.15, 0.2) is 0 Å². The van der Waals surface area contributed by atoms with Crippen LogP contribution in [0.3, 0.4) is 0 Å². The summed E-state index contributed by atoms with van der Waals surface area (Å²) in [6.45, 7) is 4.40. The van der Waals surface area contributed by atoms with Crippen LogP contribution in [0.2, 0.25) is 0 Å². The van der Waals surface area contributed by atoms with Gasteiger partial charge in [0.25, 0.3) is 0 Å². The summed E-state index contributed by atoms with van der Waals surface area (Å²) in [5.41, 5.74) is 0. The predicted molar refractivity (Wildman–Crippen MR) is 80.5 cm³/mol. The molecule has 0 aliphatic heterocycles. The fourth-order valence-corrected chi connectivity index (χ4v) is 2.45. The molecule has 0 unspecified atom stereocenters. The Morgan fingerprint density at radius 1 is 0.957 bits per heavy atom. The smallest absolute Gasteiger partial charge is 0.309 e. The van der Waals surface area contributed by atoms with Gasteiger partial charge in [0.05, 0.1) is 25.0 Å². The van der Waals surface area contributed by atoms with Crippen LogP contribution in [0.4, 0.5) is 0 Å². The number of ether oxygens (including phenoxy) is 4. The maximum atomic E-state index is 11.2. The molecular formula is C16H26O7. The monoisotopic (exact) mass is 330 g/mol. The molecule has 132 valence electrons. The molecule has 7 heteroatoms. The third-order valence-corrected chi connectivity index (χ3v) is 4.05. The molecule has 0 saturated heterocycles. The summed E-state index contributed by atoms with van der Waals surface area (Å²) in [5.74, 6) is -0.933. The van der Waals surface area contributed by atoms with Gasteiger partial charge in [0.1, 0.15) is 5.78 Å². The van der Waals surface area contributed by atoms with Crippen molar-refractivity contribution in [3.05, 3.63) is 0 Å². The molecule has 23 heavy (non-hydrogen) atoms. The Kier molecular flexibility index (Phi) is 7.64. The molecule has 2 saturated carbocycles. The quantitative estimate of drug-likeness (QED) is 0.538. The van der Waals surface area contributed by atoms with E-state index in [1.807, 2.05) is 0 Å². The van der Waals surface area contributed by atoms with E-state index in [0.29, 0.717) is 38.9 Å². The number of hydrogen-bond donors (Lipinski definition) is 0. The fourth-order valence-electron chi connectivity index (χ4n) is 2.45. The summed E-state index contributed by atoms with van der Waals surface area (Å²) in [4.78, 5) is 32.4. The molecule has 0 N–H and O–H groups in total. The first-order valence-electron chi connectivity index (χ1n) is 7.86. The van der Waals surface area contributed by atoms with E-state index in [2.05, 4.69) is 0 Å². The molecule has 0 aromatic carbocycles. The minimum absolute atomic E-state index is 0.0557. The fraction of sp³-hybridized carbons (Fsp3) is 0.812. The molecule has 2 aliphatic rings. The van der Waals surface area contributed by atoms with E-state index in [4.69, 9.17) is 18.9 Å². The van der Waals surface area contributed by atoms with Crippen molar-refractivity contribution in [2.24, 2.45) is 11.8 Å². The Morgan fingerprint density at radius 2 is 1.39 bits per heavy atom. The second-order valence-corrected chi connectivity index (χ2v) is 5.57. The molecule has 2 aliphatic carbocycles. The van der Waals surface area contributed by atoms with Gasteiger partial charge in [0.2, 0.25) is 0 Å². The molecule has 0 radical (unpaired) electrons. The Labute approximate surface area is 136 Å². The number of rotatable bonds is 6. The van der Waals surface area contributed by atoms with Gasteiger partial charge in [-0.05, 0) is 13.8 Å². The lowest BCUT2D eigenvalue weighted by atomic mass is 9.79. The highest BCUT2D eigenvalue weighted by Gasteiger charge is 2.49. The Bertz CT molecular complexity index is 412. The Balaban J connectivity index is 0.000000238. The molecule has 7 nitrogen and oxygen atoms in total. The molecule has 2 rings (SSSR count). The average Bonchev–Trinajstić information content (AvgIpc) is 2.45. The topological polar surface area (TPSA) is 88.1 Å². The van der Waals surface area contributed by atoms with Gasteiger partial charge in [0.15, 0.2) is 5.79 Å². The van der Waals surface area contributed by atoms with Crippen LogP contribution in [0.25, 0.3) is 0 Å². The number of esters is 2. The third-order valence-electron chi connectivity index (χ3n) is 4.05. The lowest BCUT2D eigenvalue weighted by Gasteiger charge is -2.43. The second-order valence-electron chi connectivity index (χ2n) is 5.57. The van der Waals surface area contributed by atoms with Gasteiger partial charge in [-0.3, -0.25) is 14.4 Å². The molecule has 0 aromatic rings. The van der Waals surface area contributed by atoms with Crippen LogP contribution in [0, 0.1) is 11.8 Å². The SMILES string of the molecule is CCOC(=O)C1CC(=O)C1.CCOC(=O)C1CC(OC)(OC)C1. The van der Waals surface area contributed by atoms with Crippen LogP contribution >= 0.6 is 0 Å². The molecule has 0 spiro atoms. The van der Waals surface area contributed by atoms with E-state index < -0.39 is 5.79 Å². The van der Waals surface area contributed by atoms with Gasteiger partial charge in [-0.1, -0.05) is 0 Å². The molecule has 0 bridgehead atoms. The van der Waals surface area contributed by atoms with Crippen molar-refractivity contribution in [1.29, 1.82) is 0 Å². The number of carbonyl (C=O) groups is 3. The van der Waals surface area contributed by atoms with Gasteiger partial charge >= 0.3 is 11.9 Å². The number of Topliss-reactive ketones (excluding diaryl/α,β-unsaturated/α-hetero) is 1. The summed E-state index contributed by atoms with van der Waals surface area (Å²) >= 11 is 0. The summed E-state index contributed by atoms with van der Waals surface area (Å²) in [6, 6.07) is 0. The summed E-state index contributed by atoms with van der Waals surface area (Å²) in [5, 5.41) is 0. The van der Waals surface area contributed by atoms with Crippen molar-refractivity contribution in [3.63, 3.8) is 0 Å². The van der Waals surface area contributed by atoms with Crippen molar-refractivity contribution in [3.8, 4) is 0 Å². The highest BCUT2D eigenvalue weighted by molar-refractivity contribution is 5.94. The van der Waals surface area contributed by atoms with Gasteiger partial charge in [-0.15, -0.1) is 0 Å². The van der Waals surface area contributed by atoms with E-state index in [-0.39, 0.29) is 29.6 Å². The van der Waals surface area contributed by atoms with Gasteiger partial charge in [-0.25, -0.2) is 0 Å². The van der Waals surface area contributed by atoms with Crippen LogP contribution in [-0.4, -0.2) is 50.9 Å². The van der Waals surface area contributed by atoms with E-state index in [9.17, 15) is 14.4 Å². The van der Waals surface area contributed by atoms with Gasteiger partial charge in [-0.2, -0.15) is 0 Å². The second kappa shape index (κ2) is 8.98. The minimum Gasteiger partial charge on any atom is -0.466 e. The maximum absolute atomic E-state index is 11.2. The predicted octanol–water partition coefficient (Wildman–Crippen LogP) is 1.48. The normalized spacial score (nSPS) is 19.7. The summed E-state index contributed by atoms with van der Waals surface area (Å²) < 4.78 is 19.9. The van der Waals surface area contributed by atoms with E-state index in [1.54, 1.807) is 28.1 Å². The molecule has 0 atom stereocenters. The standard InChI is InChI=1S/C9H16O4.C7H10O3/c1-4-13-8(10)7-5-9(6-7,11-2)12-3;1-2-10-7(9)5-3-6(8)4-5/h7H,4-6H2,1-3H3;5H,2-4H2,1H3. The van der Waals surface area contributed by atoms with Crippen LogP contribution in [-0.2, 0) is 33.3 Å². The molecule has 0 heterocycles. The van der Waals surface area contributed by atoms with E-state index in [0.717, 1.165) is 0 Å². The van der Waals surface area contributed by atoms with Crippen molar-refractivity contribution >= 4 is 17.7 Å². The maximum Gasteiger partial charge on any atom is 0.309 e. The highest BCUT2D eigenvalue weighted by atomic mass is 16.7. The first-order valence-corrected chi connectivity index (χ1v) is 7.86. The van der Waals surface area contributed by atoms with Crippen molar-refractivity contribution in [2.75, 3.05) is 27.4 Å². The zero-order chi connectivity index (χ0) is 17.5. The van der Waals surface area contributed by atoms with Crippen molar-refractivity contribution in [2.45, 2.75) is 45.3 Å². The number of methoxy groups -OCH3 is 2. The Morgan fingerprint density at radius 3 is 1.74 bits per heavy atom. The van der Waals surface area contributed by atoms with Gasteiger partial charge in [0, 0.05) is 39.9 Å². The number of ketones is 1. The number of hydrogen-bond acceptors (Lipinski definition) is 7. The van der Waals surface area contributed by atoms with Crippen molar-refractivity contribution in [1.82, 2.24) is 0 Å². The minimum atomic E-state index is -0.544. The van der Waals surface area contributed by atoms with Crippen molar-refractivity contribution < 1.29 is 33.3 Å². The van der Waals surface area contributed by atoms with E-state index >= 15 is 0 Å². The largest absolute Gasteiger partial charge is 0.466 e. The number of carbonyl (C=O) groups excluding carboxylic acids is 3. The highest BCUT2D eigenvalue weighted by Crippen LogP contribution is 2.41. The lowest BCUT2D eigenvalue weighted by Crippen LogP contribution is -2.50. The zero-order valence-electron chi connectivity index (χ0n) is 14.3.